The Balaban J connectivity index is 1.99. The summed E-state index contributed by atoms with van der Waals surface area (Å²) in [6.07, 6.45) is 1.89. The monoisotopic (exact) mass is 254 g/mol. The second kappa shape index (κ2) is 5.92. The molecule has 1 aromatic rings. The second-order valence-electron chi connectivity index (χ2n) is 4.18. The molecule has 1 aliphatic heterocycles. The van der Waals surface area contributed by atoms with Gasteiger partial charge in [0.25, 0.3) is 0 Å². The van der Waals surface area contributed by atoms with E-state index in [-0.39, 0.29) is 24.5 Å². The van der Waals surface area contributed by atoms with Gasteiger partial charge >= 0.3 is 5.97 Å². The fraction of sp³-hybridized carbons (Fsp3) is 0.727. The Morgan fingerprint density at radius 2 is 2.44 bits per heavy atom. The first kappa shape index (κ1) is 13.0. The molecule has 2 atom stereocenters. The zero-order valence-electron chi connectivity index (χ0n) is 10.6. The number of carbonyl (C=O) groups is 1. The van der Waals surface area contributed by atoms with Crippen molar-refractivity contribution in [3.63, 3.8) is 0 Å². The molecular formula is C11H18N4O3. The third-order valence-electron chi connectivity index (χ3n) is 2.99. The van der Waals surface area contributed by atoms with Crippen molar-refractivity contribution in [2.75, 3.05) is 26.8 Å². The van der Waals surface area contributed by atoms with Crippen LogP contribution in [0.5, 0.6) is 0 Å². The first-order chi connectivity index (χ1) is 8.74. The highest BCUT2D eigenvalue weighted by molar-refractivity contribution is 5.68. The molecule has 0 amide bonds. The van der Waals surface area contributed by atoms with Crippen molar-refractivity contribution < 1.29 is 14.3 Å². The van der Waals surface area contributed by atoms with E-state index in [9.17, 15) is 4.79 Å². The third-order valence-corrected chi connectivity index (χ3v) is 2.99. The summed E-state index contributed by atoms with van der Waals surface area (Å²) in [5, 5.41) is 11.3. The van der Waals surface area contributed by atoms with Crippen LogP contribution < -0.4 is 5.32 Å². The van der Waals surface area contributed by atoms with Crippen LogP contribution in [0.1, 0.15) is 18.5 Å². The Bertz CT molecular complexity index is 407. The lowest BCUT2D eigenvalue weighted by atomic mass is 10.0. The number of nitrogens with one attached hydrogen (secondary N) is 1. The Labute approximate surface area is 105 Å². The SMILES string of the molecule is CCOC(=O)Cn1cc([C@@H]2CNC[C@H]2OC)nn1. The molecule has 0 saturated carbocycles. The Morgan fingerprint density at radius 3 is 3.17 bits per heavy atom. The summed E-state index contributed by atoms with van der Waals surface area (Å²) in [6, 6.07) is 0. The molecule has 1 aromatic heterocycles. The first-order valence-electron chi connectivity index (χ1n) is 6.03. The van der Waals surface area contributed by atoms with Crippen LogP contribution >= 0.6 is 0 Å². The van der Waals surface area contributed by atoms with Gasteiger partial charge in [0.15, 0.2) is 0 Å². The molecule has 18 heavy (non-hydrogen) atoms. The van der Waals surface area contributed by atoms with Gasteiger partial charge in [-0.25, -0.2) is 4.68 Å². The van der Waals surface area contributed by atoms with E-state index in [1.807, 2.05) is 0 Å². The Hall–Kier alpha value is -1.47. The van der Waals surface area contributed by atoms with Crippen LogP contribution in [-0.2, 0) is 20.8 Å². The zero-order valence-corrected chi connectivity index (χ0v) is 10.6. The van der Waals surface area contributed by atoms with Crippen molar-refractivity contribution in [1.82, 2.24) is 20.3 Å². The van der Waals surface area contributed by atoms with Crippen LogP contribution in [0.3, 0.4) is 0 Å². The molecule has 0 aromatic carbocycles. The average Bonchev–Trinajstić information content (AvgIpc) is 2.96. The lowest BCUT2D eigenvalue weighted by molar-refractivity contribution is -0.144. The fourth-order valence-corrected chi connectivity index (χ4v) is 2.10. The minimum Gasteiger partial charge on any atom is -0.465 e. The van der Waals surface area contributed by atoms with E-state index in [1.165, 1.54) is 4.68 Å². The molecule has 7 nitrogen and oxygen atoms in total. The molecule has 1 fully saturated rings. The molecule has 0 bridgehead atoms. The van der Waals surface area contributed by atoms with Gasteiger partial charge in [0.05, 0.1) is 18.4 Å². The number of esters is 1. The third kappa shape index (κ3) is 2.85. The molecule has 100 valence electrons. The molecule has 2 rings (SSSR count). The second-order valence-corrected chi connectivity index (χ2v) is 4.18. The predicted molar refractivity (Wildman–Crippen MR) is 63.1 cm³/mol. The molecule has 7 heteroatoms. The van der Waals surface area contributed by atoms with E-state index in [1.54, 1.807) is 20.2 Å². The van der Waals surface area contributed by atoms with E-state index < -0.39 is 0 Å². The summed E-state index contributed by atoms with van der Waals surface area (Å²) in [4.78, 5) is 11.3. The summed E-state index contributed by atoms with van der Waals surface area (Å²) in [6.45, 7) is 3.87. The summed E-state index contributed by atoms with van der Waals surface area (Å²) in [5.74, 6) is -0.118. The average molecular weight is 254 g/mol. The number of hydrogen-bond acceptors (Lipinski definition) is 6. The number of nitrogens with zero attached hydrogens (tertiary/aromatic N) is 3. The standard InChI is InChI=1S/C11H18N4O3/c1-3-18-11(16)7-15-6-9(13-14-15)8-4-12-5-10(8)17-2/h6,8,10,12H,3-5,7H2,1-2H3/t8-,10+/m0/s1. The lowest BCUT2D eigenvalue weighted by Gasteiger charge is -2.13. The summed E-state index contributed by atoms with van der Waals surface area (Å²) in [7, 11) is 1.69. The van der Waals surface area contributed by atoms with Gasteiger partial charge in [-0.15, -0.1) is 5.10 Å². The van der Waals surface area contributed by atoms with Gasteiger partial charge in [-0.2, -0.15) is 0 Å². The van der Waals surface area contributed by atoms with Crippen LogP contribution in [0.2, 0.25) is 0 Å². The molecule has 1 N–H and O–H groups in total. The largest absolute Gasteiger partial charge is 0.465 e. The van der Waals surface area contributed by atoms with E-state index in [0.717, 1.165) is 18.8 Å². The van der Waals surface area contributed by atoms with Crippen LogP contribution in [0.4, 0.5) is 0 Å². The molecule has 0 unspecified atom stereocenters. The van der Waals surface area contributed by atoms with E-state index in [0.29, 0.717) is 6.61 Å². The van der Waals surface area contributed by atoms with Gasteiger partial charge in [-0.3, -0.25) is 4.79 Å². The maximum Gasteiger partial charge on any atom is 0.327 e. The van der Waals surface area contributed by atoms with Gasteiger partial charge in [0.1, 0.15) is 6.54 Å². The van der Waals surface area contributed by atoms with Gasteiger partial charge in [-0.1, -0.05) is 5.21 Å². The number of ether oxygens (including phenoxy) is 2. The summed E-state index contributed by atoms with van der Waals surface area (Å²) >= 11 is 0. The van der Waals surface area contributed by atoms with Crippen molar-refractivity contribution in [3.05, 3.63) is 11.9 Å². The zero-order chi connectivity index (χ0) is 13.0. The molecule has 1 aliphatic rings. The Kier molecular flexibility index (Phi) is 4.27. The highest BCUT2D eigenvalue weighted by atomic mass is 16.5. The van der Waals surface area contributed by atoms with Crippen molar-refractivity contribution in [1.29, 1.82) is 0 Å². The minimum absolute atomic E-state index is 0.0959. The van der Waals surface area contributed by atoms with Crippen molar-refractivity contribution in [2.24, 2.45) is 0 Å². The number of carbonyl (C=O) groups excluding carboxylic acids is 1. The van der Waals surface area contributed by atoms with Gasteiger partial charge in [-0.05, 0) is 6.92 Å². The lowest BCUT2D eigenvalue weighted by Crippen LogP contribution is -2.19. The van der Waals surface area contributed by atoms with Gasteiger partial charge in [0.2, 0.25) is 0 Å². The van der Waals surface area contributed by atoms with E-state index >= 15 is 0 Å². The number of rotatable bonds is 5. The smallest absolute Gasteiger partial charge is 0.327 e. The predicted octanol–water partition coefficient (Wildman–Crippen LogP) is -0.457. The van der Waals surface area contributed by atoms with Gasteiger partial charge in [0, 0.05) is 32.3 Å². The fourth-order valence-electron chi connectivity index (χ4n) is 2.10. The van der Waals surface area contributed by atoms with Crippen LogP contribution in [-0.4, -0.2) is 53.9 Å². The summed E-state index contributed by atoms with van der Waals surface area (Å²) < 4.78 is 11.7. The normalized spacial score (nSPS) is 23.2. The molecular weight excluding hydrogens is 236 g/mol. The van der Waals surface area contributed by atoms with E-state index in [2.05, 4.69) is 15.6 Å². The van der Waals surface area contributed by atoms with Crippen molar-refractivity contribution in [2.45, 2.75) is 25.5 Å². The van der Waals surface area contributed by atoms with Crippen LogP contribution in [0.25, 0.3) is 0 Å². The number of hydrogen-bond donors (Lipinski definition) is 1. The number of aromatic nitrogens is 3. The van der Waals surface area contributed by atoms with Gasteiger partial charge < -0.3 is 14.8 Å². The first-order valence-corrected chi connectivity index (χ1v) is 6.03. The maximum atomic E-state index is 11.3. The maximum absolute atomic E-state index is 11.3. The van der Waals surface area contributed by atoms with Crippen molar-refractivity contribution >= 4 is 5.97 Å². The minimum atomic E-state index is -0.304. The molecule has 1 saturated heterocycles. The Morgan fingerprint density at radius 1 is 1.61 bits per heavy atom. The van der Waals surface area contributed by atoms with Crippen molar-refractivity contribution in [3.8, 4) is 0 Å². The topological polar surface area (TPSA) is 78.3 Å². The highest BCUT2D eigenvalue weighted by Crippen LogP contribution is 2.22. The number of methoxy groups -OCH3 is 1. The molecule has 0 spiro atoms. The van der Waals surface area contributed by atoms with E-state index in [4.69, 9.17) is 9.47 Å². The molecule has 2 heterocycles. The van der Waals surface area contributed by atoms with Crippen LogP contribution in [0.15, 0.2) is 6.20 Å². The quantitative estimate of drug-likeness (QED) is 0.717. The van der Waals surface area contributed by atoms with Crippen LogP contribution in [0, 0.1) is 0 Å². The molecule has 0 aliphatic carbocycles. The highest BCUT2D eigenvalue weighted by Gasteiger charge is 2.30. The summed E-state index contributed by atoms with van der Waals surface area (Å²) in [5.41, 5.74) is 0.844. The molecule has 0 radical (unpaired) electrons.